The molecule has 1 heterocycles. The molecule has 0 saturated heterocycles. The van der Waals surface area contributed by atoms with E-state index in [0.717, 1.165) is 0 Å². The molecule has 1 aromatic heterocycles. The maximum atomic E-state index is 12.0. The van der Waals surface area contributed by atoms with Crippen LogP contribution in [0.1, 0.15) is 5.56 Å². The number of carbonyl (C=O) groups is 1. The first-order valence-corrected chi connectivity index (χ1v) is 6.84. The summed E-state index contributed by atoms with van der Waals surface area (Å²) in [6.07, 6.45) is -4.72. The Morgan fingerprint density at radius 1 is 1.36 bits per heavy atom. The number of ether oxygens (including phenoxy) is 1. The summed E-state index contributed by atoms with van der Waals surface area (Å²) < 4.78 is 39.9. The topological polar surface area (TPSA) is 67.3 Å². The third-order valence-electron chi connectivity index (χ3n) is 2.50. The predicted molar refractivity (Wildman–Crippen MR) is 73.5 cm³/mol. The number of anilines is 1. The number of carbonyl (C=O) groups excluding carboxylic acids is 1. The summed E-state index contributed by atoms with van der Waals surface area (Å²) in [6, 6.07) is 4.90. The van der Waals surface area contributed by atoms with Crippen LogP contribution in [0.2, 0.25) is 0 Å². The Morgan fingerprint density at radius 3 is 2.59 bits per heavy atom. The van der Waals surface area contributed by atoms with Crippen molar-refractivity contribution in [2.45, 2.75) is 12.9 Å². The number of urea groups is 1. The highest BCUT2D eigenvalue weighted by Gasteiger charge is 2.30. The van der Waals surface area contributed by atoms with Gasteiger partial charge in [0.2, 0.25) is 5.13 Å². The second kappa shape index (κ2) is 6.60. The summed E-state index contributed by atoms with van der Waals surface area (Å²) in [6.45, 7) is 0.219. The Labute approximate surface area is 127 Å². The third kappa shape index (κ3) is 4.88. The van der Waals surface area contributed by atoms with Crippen molar-refractivity contribution in [2.75, 3.05) is 12.4 Å². The Balaban J connectivity index is 1.91. The van der Waals surface area contributed by atoms with Gasteiger partial charge in [-0.15, -0.1) is 23.4 Å². The average Bonchev–Trinajstić information content (AvgIpc) is 2.92. The minimum Gasteiger partial charge on any atom is -0.406 e. The van der Waals surface area contributed by atoms with Crippen molar-refractivity contribution in [3.63, 3.8) is 0 Å². The van der Waals surface area contributed by atoms with E-state index < -0.39 is 12.4 Å². The highest BCUT2D eigenvalue weighted by atomic mass is 32.1. The molecule has 0 spiro atoms. The lowest BCUT2D eigenvalue weighted by molar-refractivity contribution is -0.274. The molecule has 10 heteroatoms. The Morgan fingerprint density at radius 2 is 2.05 bits per heavy atom. The molecule has 6 nitrogen and oxygen atoms in total. The van der Waals surface area contributed by atoms with Gasteiger partial charge in [0.1, 0.15) is 11.3 Å². The number of amides is 2. The lowest BCUT2D eigenvalue weighted by Gasteiger charge is -2.17. The maximum Gasteiger partial charge on any atom is 0.573 e. The highest BCUT2D eigenvalue weighted by Crippen LogP contribution is 2.23. The Hall–Kier alpha value is -2.36. The minimum absolute atomic E-state index is 0.219. The van der Waals surface area contributed by atoms with Crippen LogP contribution < -0.4 is 10.1 Å². The van der Waals surface area contributed by atoms with Crippen LogP contribution in [0.5, 0.6) is 5.75 Å². The molecule has 0 atom stereocenters. The van der Waals surface area contributed by atoms with Crippen LogP contribution in [0.25, 0.3) is 0 Å². The van der Waals surface area contributed by atoms with Gasteiger partial charge in [0.05, 0.1) is 0 Å². The Kier molecular flexibility index (Phi) is 4.81. The predicted octanol–water partition coefficient (Wildman–Crippen LogP) is 3.10. The van der Waals surface area contributed by atoms with Crippen molar-refractivity contribution in [1.82, 2.24) is 15.1 Å². The van der Waals surface area contributed by atoms with Gasteiger partial charge >= 0.3 is 12.4 Å². The summed E-state index contributed by atoms with van der Waals surface area (Å²) >= 11 is 1.18. The largest absolute Gasteiger partial charge is 0.573 e. The fraction of sp³-hybridized carbons (Fsp3) is 0.250. The number of nitrogens with one attached hydrogen (secondary N) is 1. The number of benzene rings is 1. The van der Waals surface area contributed by atoms with Gasteiger partial charge in [-0.05, 0) is 17.7 Å². The van der Waals surface area contributed by atoms with Gasteiger partial charge in [-0.3, -0.25) is 5.32 Å². The fourth-order valence-corrected chi connectivity index (χ4v) is 1.99. The SMILES string of the molecule is CN(Cc1ccc(OC(F)(F)F)cc1)C(=O)Nc1nncs1. The molecule has 118 valence electrons. The van der Waals surface area contributed by atoms with E-state index in [1.165, 1.54) is 46.0 Å². The molecule has 0 radical (unpaired) electrons. The van der Waals surface area contributed by atoms with Crippen molar-refractivity contribution in [3.05, 3.63) is 35.3 Å². The van der Waals surface area contributed by atoms with Crippen LogP contribution in [-0.2, 0) is 6.54 Å². The van der Waals surface area contributed by atoms with Crippen molar-refractivity contribution >= 4 is 22.5 Å². The Bertz CT molecular complexity index is 616. The van der Waals surface area contributed by atoms with Crippen molar-refractivity contribution in [3.8, 4) is 5.75 Å². The van der Waals surface area contributed by atoms with Crippen molar-refractivity contribution < 1.29 is 22.7 Å². The molecular weight excluding hydrogens is 321 g/mol. The van der Waals surface area contributed by atoms with E-state index in [1.807, 2.05) is 0 Å². The quantitative estimate of drug-likeness (QED) is 0.934. The van der Waals surface area contributed by atoms with E-state index in [4.69, 9.17) is 0 Å². The summed E-state index contributed by atoms with van der Waals surface area (Å²) in [7, 11) is 1.55. The first-order chi connectivity index (χ1) is 10.3. The molecule has 1 aromatic carbocycles. The van der Waals surface area contributed by atoms with Crippen molar-refractivity contribution in [1.29, 1.82) is 0 Å². The van der Waals surface area contributed by atoms with E-state index in [-0.39, 0.29) is 12.3 Å². The van der Waals surface area contributed by atoms with Gasteiger partial charge in [-0.2, -0.15) is 0 Å². The van der Waals surface area contributed by atoms with E-state index in [9.17, 15) is 18.0 Å². The number of aromatic nitrogens is 2. The lowest BCUT2D eigenvalue weighted by Crippen LogP contribution is -2.30. The standard InChI is InChI=1S/C12H11F3N4O2S/c1-19(11(20)17-10-18-16-7-22-10)6-8-2-4-9(5-3-8)21-12(13,14)15/h2-5,7H,6H2,1H3,(H,17,18,20). The number of alkyl halides is 3. The lowest BCUT2D eigenvalue weighted by atomic mass is 10.2. The first kappa shape index (κ1) is 16.0. The molecular formula is C12H11F3N4O2S. The van der Waals surface area contributed by atoms with E-state index in [0.29, 0.717) is 10.7 Å². The maximum absolute atomic E-state index is 12.0. The second-order valence-electron chi connectivity index (χ2n) is 4.22. The summed E-state index contributed by atoms with van der Waals surface area (Å²) in [4.78, 5) is 13.2. The average molecular weight is 332 g/mol. The molecule has 22 heavy (non-hydrogen) atoms. The monoisotopic (exact) mass is 332 g/mol. The molecule has 0 saturated carbocycles. The third-order valence-corrected chi connectivity index (χ3v) is 3.10. The van der Waals surface area contributed by atoms with Crippen LogP contribution in [0.3, 0.4) is 0 Å². The van der Waals surface area contributed by atoms with E-state index in [2.05, 4.69) is 20.3 Å². The van der Waals surface area contributed by atoms with Gasteiger partial charge < -0.3 is 9.64 Å². The zero-order chi connectivity index (χ0) is 16.2. The fourth-order valence-electron chi connectivity index (χ4n) is 1.56. The van der Waals surface area contributed by atoms with Crippen LogP contribution in [0.4, 0.5) is 23.1 Å². The van der Waals surface area contributed by atoms with Crippen molar-refractivity contribution in [2.24, 2.45) is 0 Å². The zero-order valence-corrected chi connectivity index (χ0v) is 12.1. The van der Waals surface area contributed by atoms with Gasteiger partial charge in [-0.1, -0.05) is 23.5 Å². The van der Waals surface area contributed by atoms with Crippen LogP contribution in [0, 0.1) is 0 Å². The molecule has 0 bridgehead atoms. The normalized spacial score (nSPS) is 11.1. The number of hydrogen-bond donors (Lipinski definition) is 1. The van der Waals surface area contributed by atoms with Crippen LogP contribution >= 0.6 is 11.3 Å². The van der Waals surface area contributed by atoms with E-state index in [1.54, 1.807) is 7.05 Å². The van der Waals surface area contributed by atoms with Gasteiger partial charge in [-0.25, -0.2) is 4.79 Å². The zero-order valence-electron chi connectivity index (χ0n) is 11.3. The summed E-state index contributed by atoms with van der Waals surface area (Å²) in [5.41, 5.74) is 2.14. The smallest absolute Gasteiger partial charge is 0.406 e. The highest BCUT2D eigenvalue weighted by molar-refractivity contribution is 7.13. The molecule has 0 fully saturated rings. The number of nitrogens with zero attached hydrogens (tertiary/aromatic N) is 3. The van der Waals surface area contributed by atoms with Gasteiger partial charge in [0.25, 0.3) is 0 Å². The van der Waals surface area contributed by atoms with Crippen LogP contribution in [-0.4, -0.2) is 34.5 Å². The van der Waals surface area contributed by atoms with E-state index >= 15 is 0 Å². The van der Waals surface area contributed by atoms with Crippen LogP contribution in [0.15, 0.2) is 29.8 Å². The molecule has 2 aromatic rings. The molecule has 0 aliphatic heterocycles. The number of halogens is 3. The summed E-state index contributed by atoms with van der Waals surface area (Å²) in [5, 5.41) is 10.2. The minimum atomic E-state index is -4.72. The van der Waals surface area contributed by atoms with Gasteiger partial charge in [0, 0.05) is 13.6 Å². The second-order valence-corrected chi connectivity index (χ2v) is 5.06. The molecule has 0 unspecified atom stereocenters. The first-order valence-electron chi connectivity index (χ1n) is 5.96. The molecule has 1 N–H and O–H groups in total. The molecule has 0 aliphatic carbocycles. The summed E-state index contributed by atoms with van der Waals surface area (Å²) in [5.74, 6) is -0.308. The number of hydrogen-bond acceptors (Lipinski definition) is 5. The molecule has 0 aliphatic rings. The van der Waals surface area contributed by atoms with Gasteiger partial charge in [0.15, 0.2) is 0 Å². The molecule has 2 amide bonds. The molecule has 2 rings (SSSR count). The number of rotatable bonds is 4.